The number of carbonyl (C=O) groups excluding carboxylic acids is 1. The molecule has 24 heavy (non-hydrogen) atoms. The number of piperidine rings is 1. The second-order valence-electron chi connectivity index (χ2n) is 7.15. The Morgan fingerprint density at radius 3 is 2.83 bits per heavy atom. The summed E-state index contributed by atoms with van der Waals surface area (Å²) in [7, 11) is 0. The molecule has 0 spiro atoms. The van der Waals surface area contributed by atoms with Crippen LogP contribution in [0.1, 0.15) is 56.2 Å². The molecule has 0 N–H and O–H groups in total. The van der Waals surface area contributed by atoms with Gasteiger partial charge in [-0.2, -0.15) is 0 Å². The van der Waals surface area contributed by atoms with E-state index in [0.29, 0.717) is 29.2 Å². The normalized spacial score (nSPS) is 18.5. The van der Waals surface area contributed by atoms with Gasteiger partial charge in [0.15, 0.2) is 0 Å². The second-order valence-corrected chi connectivity index (χ2v) is 7.15. The van der Waals surface area contributed by atoms with Gasteiger partial charge >= 0.3 is 0 Å². The molecule has 3 rings (SSSR count). The average Bonchev–Trinajstić information content (AvgIpc) is 2.86. The number of aromatic nitrogens is 2. The van der Waals surface area contributed by atoms with E-state index >= 15 is 0 Å². The van der Waals surface area contributed by atoms with Crippen molar-refractivity contribution in [2.45, 2.75) is 59.5 Å². The summed E-state index contributed by atoms with van der Waals surface area (Å²) in [6.45, 7) is 9.17. The van der Waals surface area contributed by atoms with Crippen LogP contribution < -0.4 is 5.56 Å². The first-order valence-corrected chi connectivity index (χ1v) is 8.69. The number of likely N-dealkylation sites (tertiary alicyclic amines) is 1. The fraction of sp³-hybridized carbons (Fsp3) is 0.611. The number of amides is 1. The molecule has 1 amide bonds. The lowest BCUT2D eigenvalue weighted by molar-refractivity contribution is 0.0635. The first kappa shape index (κ1) is 16.7. The molecule has 2 aromatic heterocycles. The van der Waals surface area contributed by atoms with Gasteiger partial charge in [0.25, 0.3) is 11.5 Å². The Morgan fingerprint density at radius 1 is 1.42 bits per heavy atom. The van der Waals surface area contributed by atoms with E-state index < -0.39 is 0 Å². The third kappa shape index (κ3) is 2.85. The second kappa shape index (κ2) is 6.42. The van der Waals surface area contributed by atoms with Crippen LogP contribution in [0.25, 0.3) is 11.1 Å². The summed E-state index contributed by atoms with van der Waals surface area (Å²) in [6, 6.07) is 0.185. The van der Waals surface area contributed by atoms with E-state index in [4.69, 9.17) is 4.42 Å². The van der Waals surface area contributed by atoms with Crippen LogP contribution >= 0.6 is 0 Å². The molecule has 130 valence electrons. The molecule has 1 atom stereocenters. The summed E-state index contributed by atoms with van der Waals surface area (Å²) in [5.41, 5.74) is 0.443. The van der Waals surface area contributed by atoms with Gasteiger partial charge in [0, 0.05) is 19.1 Å². The van der Waals surface area contributed by atoms with Gasteiger partial charge in [0.1, 0.15) is 17.5 Å². The summed E-state index contributed by atoms with van der Waals surface area (Å²) < 4.78 is 7.18. The molecular formula is C18H25N3O3. The Balaban J connectivity index is 2.11. The van der Waals surface area contributed by atoms with Crippen molar-refractivity contribution < 1.29 is 9.21 Å². The van der Waals surface area contributed by atoms with Crippen LogP contribution in [0.5, 0.6) is 0 Å². The smallest absolute Gasteiger partial charge is 0.265 e. The molecule has 0 aromatic carbocycles. The SMILES string of the molecule is Cc1oc2ncn(CC(C)C)c(=O)c2c1C(=O)N1CCCCC1C. The van der Waals surface area contributed by atoms with Crippen LogP contribution in [-0.2, 0) is 6.54 Å². The molecule has 6 heteroatoms. The maximum absolute atomic E-state index is 13.1. The molecule has 1 unspecified atom stereocenters. The van der Waals surface area contributed by atoms with Crippen LogP contribution in [0.4, 0.5) is 0 Å². The first-order chi connectivity index (χ1) is 11.4. The van der Waals surface area contributed by atoms with Crippen molar-refractivity contribution >= 4 is 17.0 Å². The molecule has 1 aliphatic rings. The molecule has 0 radical (unpaired) electrons. The minimum absolute atomic E-state index is 0.111. The van der Waals surface area contributed by atoms with Crippen molar-refractivity contribution in [2.24, 2.45) is 5.92 Å². The zero-order chi connectivity index (χ0) is 17.4. The van der Waals surface area contributed by atoms with Crippen molar-refractivity contribution in [1.82, 2.24) is 14.5 Å². The van der Waals surface area contributed by atoms with E-state index in [1.165, 1.54) is 6.33 Å². The van der Waals surface area contributed by atoms with Crippen LogP contribution in [-0.4, -0.2) is 32.9 Å². The number of hydrogen-bond acceptors (Lipinski definition) is 4. The Hall–Kier alpha value is -2.11. The fourth-order valence-electron chi connectivity index (χ4n) is 3.46. The number of fused-ring (bicyclic) bond motifs is 1. The standard InChI is InChI=1S/C18H25N3O3/c1-11(2)9-20-10-19-16-15(17(20)22)14(13(4)24-16)18(23)21-8-6-5-7-12(21)3/h10-12H,5-9H2,1-4H3. The van der Waals surface area contributed by atoms with Crippen LogP contribution in [0, 0.1) is 12.8 Å². The van der Waals surface area contributed by atoms with E-state index in [2.05, 4.69) is 11.9 Å². The quantitative estimate of drug-likeness (QED) is 0.867. The highest BCUT2D eigenvalue weighted by Crippen LogP contribution is 2.26. The molecule has 1 aliphatic heterocycles. The summed E-state index contributed by atoms with van der Waals surface area (Å²) in [6.07, 6.45) is 4.64. The van der Waals surface area contributed by atoms with E-state index in [1.54, 1.807) is 11.5 Å². The first-order valence-electron chi connectivity index (χ1n) is 8.69. The maximum atomic E-state index is 13.1. The lowest BCUT2D eigenvalue weighted by atomic mass is 10.0. The molecule has 1 saturated heterocycles. The third-order valence-electron chi connectivity index (χ3n) is 4.69. The highest BCUT2D eigenvalue weighted by Gasteiger charge is 2.30. The van der Waals surface area contributed by atoms with Crippen molar-refractivity contribution in [3.8, 4) is 0 Å². The molecule has 1 fully saturated rings. The van der Waals surface area contributed by atoms with Gasteiger partial charge in [-0.15, -0.1) is 0 Å². The van der Waals surface area contributed by atoms with Crippen LogP contribution in [0.2, 0.25) is 0 Å². The monoisotopic (exact) mass is 331 g/mol. The minimum atomic E-state index is -0.196. The summed E-state index contributed by atoms with van der Waals surface area (Å²) in [5, 5.41) is 0.318. The highest BCUT2D eigenvalue weighted by molar-refractivity contribution is 6.06. The average molecular weight is 331 g/mol. The predicted octanol–water partition coefficient (Wildman–Crippen LogP) is 2.97. The molecule has 0 bridgehead atoms. The van der Waals surface area contributed by atoms with Crippen LogP contribution in [0.15, 0.2) is 15.5 Å². The van der Waals surface area contributed by atoms with Gasteiger partial charge in [0.2, 0.25) is 5.71 Å². The molecule has 0 saturated carbocycles. The van der Waals surface area contributed by atoms with Gasteiger partial charge in [-0.05, 0) is 39.0 Å². The number of carbonyl (C=O) groups is 1. The summed E-state index contributed by atoms with van der Waals surface area (Å²) in [4.78, 5) is 32.1. The molecule has 6 nitrogen and oxygen atoms in total. The van der Waals surface area contributed by atoms with E-state index in [0.717, 1.165) is 25.8 Å². The van der Waals surface area contributed by atoms with Crippen molar-refractivity contribution in [3.63, 3.8) is 0 Å². The van der Waals surface area contributed by atoms with Gasteiger partial charge in [0.05, 0.1) is 5.56 Å². The largest absolute Gasteiger partial charge is 0.442 e. The maximum Gasteiger partial charge on any atom is 0.265 e. The number of furan rings is 1. The zero-order valence-electron chi connectivity index (χ0n) is 14.8. The van der Waals surface area contributed by atoms with Gasteiger partial charge < -0.3 is 9.32 Å². The molecule has 3 heterocycles. The van der Waals surface area contributed by atoms with Gasteiger partial charge in [-0.25, -0.2) is 4.98 Å². The number of nitrogens with zero attached hydrogens (tertiary/aromatic N) is 3. The molecule has 2 aromatic rings. The van der Waals surface area contributed by atoms with Crippen molar-refractivity contribution in [3.05, 3.63) is 28.0 Å². The topological polar surface area (TPSA) is 68.3 Å². The van der Waals surface area contributed by atoms with Gasteiger partial charge in [-0.3, -0.25) is 14.2 Å². The van der Waals surface area contributed by atoms with Crippen molar-refractivity contribution in [2.75, 3.05) is 6.54 Å². The Kier molecular flexibility index (Phi) is 4.47. The zero-order valence-corrected chi connectivity index (χ0v) is 14.8. The molecule has 0 aliphatic carbocycles. The summed E-state index contributed by atoms with van der Waals surface area (Å²) in [5.74, 6) is 0.676. The lowest BCUT2D eigenvalue weighted by Gasteiger charge is -2.33. The third-order valence-corrected chi connectivity index (χ3v) is 4.69. The van der Waals surface area contributed by atoms with Gasteiger partial charge in [-0.1, -0.05) is 13.8 Å². The highest BCUT2D eigenvalue weighted by atomic mass is 16.3. The van der Waals surface area contributed by atoms with E-state index in [9.17, 15) is 9.59 Å². The Morgan fingerprint density at radius 2 is 2.17 bits per heavy atom. The minimum Gasteiger partial charge on any atom is -0.442 e. The number of rotatable bonds is 3. The number of hydrogen-bond donors (Lipinski definition) is 0. The lowest BCUT2D eigenvalue weighted by Crippen LogP contribution is -2.42. The van der Waals surface area contributed by atoms with E-state index in [1.807, 2.05) is 18.7 Å². The Bertz CT molecular complexity index is 819. The summed E-state index contributed by atoms with van der Waals surface area (Å²) >= 11 is 0. The predicted molar refractivity (Wildman–Crippen MR) is 92.2 cm³/mol. The van der Waals surface area contributed by atoms with Crippen molar-refractivity contribution in [1.29, 1.82) is 0 Å². The Labute approximate surface area is 141 Å². The van der Waals surface area contributed by atoms with E-state index in [-0.39, 0.29) is 23.2 Å². The fourth-order valence-corrected chi connectivity index (χ4v) is 3.46. The van der Waals surface area contributed by atoms with Crippen LogP contribution in [0.3, 0.4) is 0 Å². The molecular weight excluding hydrogens is 306 g/mol. The number of aryl methyl sites for hydroxylation is 1.